The van der Waals surface area contributed by atoms with E-state index < -0.39 is 20.0 Å². The Labute approximate surface area is 153 Å². The van der Waals surface area contributed by atoms with Crippen LogP contribution in [-0.2, 0) is 34.1 Å². The predicted octanol–water partition coefficient (Wildman–Crippen LogP) is -0.534. The van der Waals surface area contributed by atoms with Crippen molar-refractivity contribution in [2.24, 2.45) is 14.1 Å². The van der Waals surface area contributed by atoms with Gasteiger partial charge in [-0.3, -0.25) is 9.36 Å². The lowest BCUT2D eigenvalue weighted by molar-refractivity contribution is 0.272. The molecule has 0 aliphatic carbocycles. The van der Waals surface area contributed by atoms with Crippen LogP contribution < -0.4 is 0 Å². The summed E-state index contributed by atoms with van der Waals surface area (Å²) < 4.78 is 56.8. The Hall–Kier alpha value is -1.76. The second-order valence-electron chi connectivity index (χ2n) is 6.24. The van der Waals surface area contributed by atoms with E-state index in [9.17, 15) is 16.8 Å². The van der Waals surface area contributed by atoms with Gasteiger partial charge in [0.1, 0.15) is 9.79 Å². The van der Waals surface area contributed by atoms with Gasteiger partial charge in [0.15, 0.2) is 0 Å². The van der Waals surface area contributed by atoms with Gasteiger partial charge in [0.05, 0.1) is 23.8 Å². The zero-order chi connectivity index (χ0) is 19.3. The van der Waals surface area contributed by atoms with Gasteiger partial charge in [-0.15, -0.1) is 0 Å². The van der Waals surface area contributed by atoms with E-state index in [1.54, 1.807) is 27.9 Å². The van der Waals surface area contributed by atoms with Crippen LogP contribution in [0.3, 0.4) is 0 Å². The first-order chi connectivity index (χ1) is 12.1. The SMILES string of the molecule is Cc1c(S(=O)(=O)N2CCN(S(=O)(=O)c3cnn(C)c3C)CC2)cnn1C. The molecule has 0 amide bonds. The smallest absolute Gasteiger partial charge is 0.246 e. The van der Waals surface area contributed by atoms with Crippen molar-refractivity contribution in [3.63, 3.8) is 0 Å². The van der Waals surface area contributed by atoms with Gasteiger partial charge in [0.2, 0.25) is 20.0 Å². The molecule has 0 saturated carbocycles. The molecule has 0 bridgehead atoms. The van der Waals surface area contributed by atoms with Crippen LogP contribution in [0.2, 0.25) is 0 Å². The Morgan fingerprint density at radius 1 is 0.731 bits per heavy atom. The van der Waals surface area contributed by atoms with Gasteiger partial charge in [-0.25, -0.2) is 16.8 Å². The quantitative estimate of drug-likeness (QED) is 0.680. The van der Waals surface area contributed by atoms with Crippen LogP contribution in [-0.4, -0.2) is 71.2 Å². The molecule has 0 aromatic carbocycles. The number of aryl methyl sites for hydroxylation is 2. The zero-order valence-electron chi connectivity index (χ0n) is 15.1. The minimum absolute atomic E-state index is 0.0925. The zero-order valence-corrected chi connectivity index (χ0v) is 16.7. The van der Waals surface area contributed by atoms with Gasteiger partial charge in [0, 0.05) is 40.3 Å². The lowest BCUT2D eigenvalue weighted by Crippen LogP contribution is -2.50. The van der Waals surface area contributed by atoms with Gasteiger partial charge in [0.25, 0.3) is 0 Å². The molecule has 144 valence electrons. The standard InChI is InChI=1S/C14H22N6O4S2/c1-11-13(9-15-17(11)3)25(21,22)19-5-7-20(8-6-19)26(23,24)14-10-16-18(4)12(14)2/h9-10H,5-8H2,1-4H3. The Kier molecular flexibility index (Phi) is 4.71. The molecule has 26 heavy (non-hydrogen) atoms. The third kappa shape index (κ3) is 2.96. The molecule has 3 rings (SSSR count). The molecule has 2 aromatic rings. The number of hydrogen-bond donors (Lipinski definition) is 0. The summed E-state index contributed by atoms with van der Waals surface area (Å²) in [6.45, 7) is 3.74. The van der Waals surface area contributed by atoms with Crippen molar-refractivity contribution in [1.29, 1.82) is 0 Å². The number of piperazine rings is 1. The fourth-order valence-electron chi connectivity index (χ4n) is 2.89. The highest BCUT2D eigenvalue weighted by Crippen LogP contribution is 2.24. The summed E-state index contributed by atoms with van der Waals surface area (Å²) in [6.07, 6.45) is 2.65. The first-order valence-electron chi connectivity index (χ1n) is 8.04. The maximum Gasteiger partial charge on any atom is 0.246 e. The summed E-state index contributed by atoms with van der Waals surface area (Å²) in [6, 6.07) is 0. The number of nitrogens with zero attached hydrogens (tertiary/aromatic N) is 6. The monoisotopic (exact) mass is 402 g/mol. The first-order valence-corrected chi connectivity index (χ1v) is 10.9. The minimum atomic E-state index is -3.70. The van der Waals surface area contributed by atoms with Crippen LogP contribution in [0.1, 0.15) is 11.4 Å². The fraction of sp³-hybridized carbons (Fsp3) is 0.571. The molecule has 0 unspecified atom stereocenters. The van der Waals surface area contributed by atoms with E-state index in [2.05, 4.69) is 10.2 Å². The van der Waals surface area contributed by atoms with Crippen molar-refractivity contribution in [2.75, 3.05) is 26.2 Å². The summed E-state index contributed by atoms with van der Waals surface area (Å²) in [5.41, 5.74) is 1.09. The largest absolute Gasteiger partial charge is 0.272 e. The van der Waals surface area contributed by atoms with E-state index in [-0.39, 0.29) is 36.0 Å². The molecule has 0 spiro atoms. The molecule has 1 saturated heterocycles. The van der Waals surface area contributed by atoms with Crippen LogP contribution in [0.5, 0.6) is 0 Å². The summed E-state index contributed by atoms with van der Waals surface area (Å²) in [5, 5.41) is 7.96. The highest BCUT2D eigenvalue weighted by atomic mass is 32.2. The van der Waals surface area contributed by atoms with E-state index in [1.165, 1.54) is 30.4 Å². The summed E-state index contributed by atoms with van der Waals surface area (Å²) in [5.74, 6) is 0. The van der Waals surface area contributed by atoms with Gasteiger partial charge in [-0.05, 0) is 13.8 Å². The number of sulfonamides is 2. The Morgan fingerprint density at radius 2 is 1.04 bits per heavy atom. The predicted molar refractivity (Wildman–Crippen MR) is 93.4 cm³/mol. The van der Waals surface area contributed by atoms with Crippen molar-refractivity contribution >= 4 is 20.0 Å². The molecule has 10 nitrogen and oxygen atoms in total. The van der Waals surface area contributed by atoms with Crippen molar-refractivity contribution in [1.82, 2.24) is 28.2 Å². The number of hydrogen-bond acceptors (Lipinski definition) is 6. The molecular formula is C14H22N6O4S2. The van der Waals surface area contributed by atoms with Gasteiger partial charge >= 0.3 is 0 Å². The second kappa shape index (κ2) is 6.44. The highest BCUT2D eigenvalue weighted by Gasteiger charge is 2.36. The maximum absolute atomic E-state index is 12.8. The van der Waals surface area contributed by atoms with Crippen LogP contribution in [0.4, 0.5) is 0 Å². The van der Waals surface area contributed by atoms with Crippen LogP contribution >= 0.6 is 0 Å². The first kappa shape index (κ1) is 19.0. The molecule has 1 fully saturated rings. The van der Waals surface area contributed by atoms with Gasteiger partial charge < -0.3 is 0 Å². The summed E-state index contributed by atoms with van der Waals surface area (Å²) in [7, 11) is -4.04. The molecule has 3 heterocycles. The van der Waals surface area contributed by atoms with Crippen molar-refractivity contribution in [3.8, 4) is 0 Å². The van der Waals surface area contributed by atoms with E-state index >= 15 is 0 Å². The average Bonchev–Trinajstić information content (AvgIpc) is 3.11. The summed E-state index contributed by atoms with van der Waals surface area (Å²) >= 11 is 0. The highest BCUT2D eigenvalue weighted by molar-refractivity contribution is 7.89. The van der Waals surface area contributed by atoms with Crippen LogP contribution in [0, 0.1) is 13.8 Å². The van der Waals surface area contributed by atoms with Crippen LogP contribution in [0.15, 0.2) is 22.2 Å². The van der Waals surface area contributed by atoms with E-state index in [0.717, 1.165) is 0 Å². The lowest BCUT2D eigenvalue weighted by Gasteiger charge is -2.33. The van der Waals surface area contributed by atoms with E-state index in [0.29, 0.717) is 11.4 Å². The third-order valence-corrected chi connectivity index (χ3v) is 8.82. The second-order valence-corrected chi connectivity index (χ2v) is 10.1. The van der Waals surface area contributed by atoms with E-state index in [1.807, 2.05) is 0 Å². The molecule has 1 aliphatic rings. The minimum Gasteiger partial charge on any atom is -0.272 e. The fourth-order valence-corrected chi connectivity index (χ4v) is 6.11. The Morgan fingerprint density at radius 3 is 1.27 bits per heavy atom. The summed E-state index contributed by atoms with van der Waals surface area (Å²) in [4.78, 5) is 0.304. The van der Waals surface area contributed by atoms with Gasteiger partial charge in [-0.2, -0.15) is 18.8 Å². The van der Waals surface area contributed by atoms with Crippen LogP contribution in [0.25, 0.3) is 0 Å². The Bertz CT molecular complexity index is 945. The van der Waals surface area contributed by atoms with E-state index in [4.69, 9.17) is 0 Å². The molecule has 0 atom stereocenters. The van der Waals surface area contributed by atoms with Gasteiger partial charge in [-0.1, -0.05) is 0 Å². The lowest BCUT2D eigenvalue weighted by atomic mass is 10.4. The topological polar surface area (TPSA) is 110 Å². The Balaban J connectivity index is 1.79. The molecule has 1 aliphatic heterocycles. The molecule has 0 N–H and O–H groups in total. The normalized spacial score (nSPS) is 17.7. The van der Waals surface area contributed by atoms with Crippen molar-refractivity contribution in [3.05, 3.63) is 23.8 Å². The molecule has 0 radical (unpaired) electrons. The van der Waals surface area contributed by atoms with Crippen molar-refractivity contribution < 1.29 is 16.8 Å². The molecule has 12 heteroatoms. The van der Waals surface area contributed by atoms with Crippen molar-refractivity contribution in [2.45, 2.75) is 23.6 Å². The molecule has 2 aromatic heterocycles. The third-order valence-electron chi connectivity index (χ3n) is 4.81. The average molecular weight is 403 g/mol. The number of aromatic nitrogens is 4. The molecular weight excluding hydrogens is 380 g/mol. The maximum atomic E-state index is 12.8. The number of rotatable bonds is 4.